The highest BCUT2D eigenvalue weighted by atomic mass is 79.9. The number of piperazine rings is 1. The largest absolute Gasteiger partial charge is 0.401 e. The Labute approximate surface area is 124 Å². The smallest absolute Gasteiger partial charge is 0.392 e. The molecule has 3 nitrogen and oxygen atoms in total. The summed E-state index contributed by atoms with van der Waals surface area (Å²) in [5.74, 6) is 0. The number of alkyl halides is 3. The third-order valence-electron chi connectivity index (χ3n) is 3.31. The highest BCUT2D eigenvalue weighted by molar-refractivity contribution is 9.10. The van der Waals surface area contributed by atoms with Crippen molar-refractivity contribution >= 4 is 21.6 Å². The van der Waals surface area contributed by atoms with E-state index in [4.69, 9.17) is 5.11 Å². The predicted octanol–water partition coefficient (Wildman–Crippen LogP) is 2.63. The molecule has 1 aliphatic rings. The molecular formula is C13H16BrF3N2O. The van der Waals surface area contributed by atoms with Crippen LogP contribution in [0.1, 0.15) is 5.56 Å². The van der Waals surface area contributed by atoms with Crippen molar-refractivity contribution in [3.05, 3.63) is 28.2 Å². The van der Waals surface area contributed by atoms with Gasteiger partial charge >= 0.3 is 6.18 Å². The van der Waals surface area contributed by atoms with Gasteiger partial charge in [0.25, 0.3) is 0 Å². The quantitative estimate of drug-likeness (QED) is 0.905. The molecular weight excluding hydrogens is 337 g/mol. The maximum atomic E-state index is 12.3. The summed E-state index contributed by atoms with van der Waals surface area (Å²) < 4.78 is 37.8. The number of benzene rings is 1. The molecule has 1 saturated heterocycles. The summed E-state index contributed by atoms with van der Waals surface area (Å²) in [5, 5.41) is 9.06. The Hall–Kier alpha value is -0.790. The average molecular weight is 353 g/mol. The van der Waals surface area contributed by atoms with Crippen LogP contribution >= 0.6 is 15.9 Å². The van der Waals surface area contributed by atoms with Crippen LogP contribution in [0, 0.1) is 0 Å². The van der Waals surface area contributed by atoms with Gasteiger partial charge in [-0.05, 0) is 33.6 Å². The van der Waals surface area contributed by atoms with Crippen LogP contribution in [0.5, 0.6) is 0 Å². The minimum atomic E-state index is -4.13. The summed E-state index contributed by atoms with van der Waals surface area (Å²) in [6.07, 6.45) is -4.13. The summed E-state index contributed by atoms with van der Waals surface area (Å²) in [6, 6.07) is 5.54. The lowest BCUT2D eigenvalue weighted by Gasteiger charge is -2.36. The lowest BCUT2D eigenvalue weighted by Crippen LogP contribution is -2.49. The van der Waals surface area contributed by atoms with E-state index in [1.165, 1.54) is 4.90 Å². The van der Waals surface area contributed by atoms with Crippen LogP contribution in [-0.2, 0) is 6.61 Å². The van der Waals surface area contributed by atoms with Crippen LogP contribution in [0.4, 0.5) is 18.9 Å². The highest BCUT2D eigenvalue weighted by Gasteiger charge is 2.32. The van der Waals surface area contributed by atoms with E-state index >= 15 is 0 Å². The van der Waals surface area contributed by atoms with E-state index in [2.05, 4.69) is 20.8 Å². The first kappa shape index (κ1) is 15.6. The molecule has 1 N–H and O–H groups in total. The third kappa shape index (κ3) is 4.10. The van der Waals surface area contributed by atoms with Gasteiger partial charge in [-0.25, -0.2) is 0 Å². The Morgan fingerprint density at radius 2 is 1.80 bits per heavy atom. The molecule has 0 bridgehead atoms. The van der Waals surface area contributed by atoms with Crippen molar-refractivity contribution < 1.29 is 18.3 Å². The first-order valence-corrected chi connectivity index (χ1v) is 7.12. The molecule has 0 atom stereocenters. The minimum Gasteiger partial charge on any atom is -0.392 e. The number of hydrogen-bond acceptors (Lipinski definition) is 3. The van der Waals surface area contributed by atoms with Crippen molar-refractivity contribution in [1.29, 1.82) is 0 Å². The Kier molecular flexibility index (Phi) is 4.93. The molecule has 0 saturated carbocycles. The van der Waals surface area contributed by atoms with Gasteiger partial charge in [-0.3, -0.25) is 4.90 Å². The number of aliphatic hydroxyl groups excluding tert-OH is 1. The van der Waals surface area contributed by atoms with Gasteiger partial charge in [0.15, 0.2) is 0 Å². The second kappa shape index (κ2) is 6.32. The summed E-state index contributed by atoms with van der Waals surface area (Å²) in [6.45, 7) is 1.05. The maximum Gasteiger partial charge on any atom is 0.401 e. The summed E-state index contributed by atoms with van der Waals surface area (Å²) in [4.78, 5) is 3.48. The second-order valence-electron chi connectivity index (χ2n) is 4.82. The number of nitrogens with zero attached hydrogens (tertiary/aromatic N) is 2. The molecule has 20 heavy (non-hydrogen) atoms. The summed E-state index contributed by atoms with van der Waals surface area (Å²) >= 11 is 3.44. The van der Waals surface area contributed by atoms with Crippen molar-refractivity contribution in [2.75, 3.05) is 37.6 Å². The molecule has 0 spiro atoms. The van der Waals surface area contributed by atoms with Crippen molar-refractivity contribution in [3.8, 4) is 0 Å². The second-order valence-corrected chi connectivity index (χ2v) is 5.68. The molecule has 0 amide bonds. The zero-order chi connectivity index (χ0) is 14.8. The molecule has 0 unspecified atom stereocenters. The molecule has 0 radical (unpaired) electrons. The molecule has 1 aliphatic heterocycles. The Morgan fingerprint density at radius 1 is 1.15 bits per heavy atom. The molecule has 1 heterocycles. The zero-order valence-electron chi connectivity index (χ0n) is 10.8. The molecule has 0 aromatic heterocycles. The number of halogens is 4. The van der Waals surface area contributed by atoms with Gasteiger partial charge in [-0.2, -0.15) is 13.2 Å². The van der Waals surface area contributed by atoms with Crippen LogP contribution < -0.4 is 4.90 Å². The molecule has 0 aliphatic carbocycles. The number of rotatable bonds is 3. The fourth-order valence-electron chi connectivity index (χ4n) is 2.31. The van der Waals surface area contributed by atoms with E-state index < -0.39 is 12.7 Å². The Morgan fingerprint density at radius 3 is 2.30 bits per heavy atom. The molecule has 7 heteroatoms. The van der Waals surface area contributed by atoms with Gasteiger partial charge in [0.2, 0.25) is 0 Å². The fraction of sp³-hybridized carbons (Fsp3) is 0.538. The lowest BCUT2D eigenvalue weighted by molar-refractivity contribution is -0.146. The number of aliphatic hydroxyl groups is 1. The van der Waals surface area contributed by atoms with Crippen LogP contribution in [0.25, 0.3) is 0 Å². The topological polar surface area (TPSA) is 26.7 Å². The molecule has 1 fully saturated rings. The van der Waals surface area contributed by atoms with E-state index in [0.717, 1.165) is 15.7 Å². The zero-order valence-corrected chi connectivity index (χ0v) is 12.4. The van der Waals surface area contributed by atoms with E-state index in [0.29, 0.717) is 26.2 Å². The first-order chi connectivity index (χ1) is 9.39. The van der Waals surface area contributed by atoms with Crippen LogP contribution in [-0.4, -0.2) is 48.9 Å². The van der Waals surface area contributed by atoms with Crippen molar-refractivity contribution in [1.82, 2.24) is 4.90 Å². The normalized spacial score (nSPS) is 17.6. The lowest BCUT2D eigenvalue weighted by atomic mass is 10.2. The van der Waals surface area contributed by atoms with Crippen molar-refractivity contribution in [2.24, 2.45) is 0 Å². The number of anilines is 1. The molecule has 112 valence electrons. The average Bonchev–Trinajstić information content (AvgIpc) is 2.38. The fourth-order valence-corrected chi connectivity index (χ4v) is 2.98. The predicted molar refractivity (Wildman–Crippen MR) is 74.8 cm³/mol. The monoisotopic (exact) mass is 352 g/mol. The van der Waals surface area contributed by atoms with Crippen molar-refractivity contribution in [3.63, 3.8) is 0 Å². The van der Waals surface area contributed by atoms with Crippen molar-refractivity contribution in [2.45, 2.75) is 12.8 Å². The van der Waals surface area contributed by atoms with Gasteiger partial charge < -0.3 is 10.0 Å². The van der Waals surface area contributed by atoms with Gasteiger partial charge in [0.05, 0.1) is 18.8 Å². The van der Waals surface area contributed by atoms with E-state index in [1.807, 2.05) is 18.2 Å². The molecule has 1 aromatic rings. The van der Waals surface area contributed by atoms with Gasteiger partial charge in [0.1, 0.15) is 0 Å². The van der Waals surface area contributed by atoms with Crippen LogP contribution in [0.2, 0.25) is 0 Å². The molecule has 1 aromatic carbocycles. The van der Waals surface area contributed by atoms with E-state index in [9.17, 15) is 13.2 Å². The van der Waals surface area contributed by atoms with Gasteiger partial charge in [-0.15, -0.1) is 0 Å². The van der Waals surface area contributed by atoms with E-state index in [-0.39, 0.29) is 6.61 Å². The van der Waals surface area contributed by atoms with Gasteiger partial charge in [-0.1, -0.05) is 6.07 Å². The summed E-state index contributed by atoms with van der Waals surface area (Å²) in [5.41, 5.74) is 1.75. The standard InChI is InChI=1S/C13H16BrF3N2O/c14-11-7-10(8-20)1-2-12(11)19-5-3-18(4-6-19)9-13(15,16)17/h1-2,7,20H,3-6,8-9H2. The number of hydrogen-bond donors (Lipinski definition) is 1. The van der Waals surface area contributed by atoms with Gasteiger partial charge in [0, 0.05) is 30.7 Å². The summed E-state index contributed by atoms with van der Waals surface area (Å²) in [7, 11) is 0. The van der Waals surface area contributed by atoms with E-state index in [1.54, 1.807) is 0 Å². The third-order valence-corrected chi connectivity index (χ3v) is 3.95. The minimum absolute atomic E-state index is 0.0295. The molecule has 2 rings (SSSR count). The SMILES string of the molecule is OCc1ccc(N2CCN(CC(F)(F)F)CC2)c(Br)c1. The Balaban J connectivity index is 1.97. The Bertz CT molecular complexity index is 459. The highest BCUT2D eigenvalue weighted by Crippen LogP contribution is 2.28. The maximum absolute atomic E-state index is 12.3. The van der Waals surface area contributed by atoms with Crippen LogP contribution in [0.3, 0.4) is 0 Å². The van der Waals surface area contributed by atoms with Crippen LogP contribution in [0.15, 0.2) is 22.7 Å². The first-order valence-electron chi connectivity index (χ1n) is 6.32.